The van der Waals surface area contributed by atoms with E-state index in [1.165, 1.54) is 0 Å². The van der Waals surface area contributed by atoms with Gasteiger partial charge in [-0.1, -0.05) is 8.78 Å². The summed E-state index contributed by atoms with van der Waals surface area (Å²) in [6.07, 6.45) is -4.41. The van der Waals surface area contributed by atoms with Crippen molar-refractivity contribution in [2.45, 2.75) is 24.0 Å². The summed E-state index contributed by atoms with van der Waals surface area (Å²) in [6.45, 7) is -5.72. The summed E-state index contributed by atoms with van der Waals surface area (Å²) in [6, 6.07) is 0. The highest BCUT2D eigenvalue weighted by Gasteiger charge is 2.58. The van der Waals surface area contributed by atoms with E-state index in [1.54, 1.807) is 10.6 Å². The number of alkyl halides is 2. The molecule has 0 saturated carbocycles. The molecule has 0 aliphatic carbocycles. The molecule has 0 spiro atoms. The lowest BCUT2D eigenvalue weighted by molar-refractivity contribution is -0.829. The van der Waals surface area contributed by atoms with E-state index in [2.05, 4.69) is 9.68 Å². The molecule has 24 heteroatoms. The first-order valence-corrected chi connectivity index (χ1v) is 7.57. The van der Waals surface area contributed by atoms with E-state index in [-0.39, 0.29) is 0 Å². The molecule has 0 heterocycles. The van der Waals surface area contributed by atoms with Crippen LogP contribution in [0.1, 0.15) is 0 Å². The lowest BCUT2D eigenvalue weighted by Gasteiger charge is -2.24. The van der Waals surface area contributed by atoms with Gasteiger partial charge in [0.05, 0.1) is 0 Å². The van der Waals surface area contributed by atoms with E-state index >= 15 is 0 Å². The van der Waals surface area contributed by atoms with Crippen LogP contribution in [-0.2, 0) is 9.68 Å². The highest BCUT2D eigenvalue weighted by Crippen LogP contribution is 2.14. The maximum Gasteiger partial charge on any atom is 0.626 e. The van der Waals surface area contributed by atoms with Crippen molar-refractivity contribution in [1.29, 1.82) is 0 Å². The van der Waals surface area contributed by atoms with Crippen molar-refractivity contribution in [3.8, 4) is 0 Å². The lowest BCUT2D eigenvalue weighted by atomic mass is 10.2. The summed E-state index contributed by atoms with van der Waals surface area (Å²) in [5, 5.41) is 63.3. The Kier molecular flexibility index (Phi) is 9.76. The van der Waals surface area contributed by atoms with Gasteiger partial charge in [0.25, 0.3) is 10.2 Å². The van der Waals surface area contributed by atoms with Gasteiger partial charge in [0.1, 0.15) is 31.9 Å². The molecule has 0 aromatic rings. The molecule has 0 saturated heterocycles. The zero-order valence-electron chi connectivity index (χ0n) is 15.1. The molecule has 0 rings (SSSR count). The monoisotopic (exact) mass is 482 g/mol. The van der Waals surface area contributed by atoms with E-state index in [0.717, 1.165) is 0 Å². The molecule has 0 unspecified atom stereocenters. The number of nitrogens with zero attached hydrogens (tertiary/aromatic N) is 6. The fourth-order valence-corrected chi connectivity index (χ4v) is 1.83. The van der Waals surface area contributed by atoms with Crippen molar-refractivity contribution >= 4 is 0 Å². The largest absolute Gasteiger partial charge is 0.626 e. The Hall–Kier alpha value is -4.22. The Bertz CT molecular complexity index is 677. The van der Waals surface area contributed by atoms with Crippen molar-refractivity contribution in [3.63, 3.8) is 0 Å². The average molecular weight is 482 g/mol. The summed E-state index contributed by atoms with van der Waals surface area (Å²) in [7, 11) is 0. The SMILES string of the molecule is O=[N+]([O-])O[C@@H](CNCC(F)([N+](=O)[O-])[N+](=O)[O-])[C@@H](CNCC(F)([N+](=O)[O-])[N+](=O)[O-])O[N+](=O)[O-]. The van der Waals surface area contributed by atoms with Crippen LogP contribution in [0.15, 0.2) is 0 Å². The number of halogens is 2. The molecule has 182 valence electrons. The predicted octanol–water partition coefficient (Wildman–Crippen LogP) is -2.33. The molecular weight excluding hydrogens is 470 g/mol. The molecule has 0 aliphatic heterocycles. The molecule has 0 aromatic heterocycles. The van der Waals surface area contributed by atoms with Crippen molar-refractivity contribution in [3.05, 3.63) is 60.7 Å². The van der Waals surface area contributed by atoms with Crippen molar-refractivity contribution in [2.75, 3.05) is 26.2 Å². The van der Waals surface area contributed by atoms with Gasteiger partial charge in [-0.25, -0.2) is 0 Å². The molecule has 0 fully saturated rings. The van der Waals surface area contributed by atoms with Crippen LogP contribution in [0.5, 0.6) is 0 Å². The quantitative estimate of drug-likeness (QED) is 0.0950. The third kappa shape index (κ3) is 7.55. The first-order chi connectivity index (χ1) is 14.6. The van der Waals surface area contributed by atoms with Gasteiger partial charge in [0, 0.05) is 13.1 Å². The topological polar surface area (TPSA) is 301 Å². The zero-order valence-corrected chi connectivity index (χ0v) is 15.1. The second kappa shape index (κ2) is 11.2. The zero-order chi connectivity index (χ0) is 25.3. The summed E-state index contributed by atoms with van der Waals surface area (Å²) in [5.41, 5.74) is 0. The van der Waals surface area contributed by atoms with Gasteiger partial charge < -0.3 is 9.68 Å². The van der Waals surface area contributed by atoms with Crippen LogP contribution < -0.4 is 10.6 Å². The van der Waals surface area contributed by atoms with Crippen LogP contribution in [-0.4, -0.2) is 80.1 Å². The number of nitrogens with one attached hydrogen (secondary N) is 2. The van der Waals surface area contributed by atoms with Gasteiger partial charge in [-0.05, 0) is 0 Å². The van der Waals surface area contributed by atoms with Gasteiger partial charge in [0.15, 0.2) is 13.1 Å². The second-order valence-electron chi connectivity index (χ2n) is 5.46. The van der Waals surface area contributed by atoms with Crippen LogP contribution >= 0.6 is 0 Å². The molecule has 2 N–H and O–H groups in total. The standard InChI is InChI=1S/C8H12F2N8O14/c9-7(13(19)20,14(21)22)3-11-1-5(31-17(27)28)6(32-18(29)30)2-12-4-8(10,15(23)24)16(25)26/h5-6,11-12H,1-4H2/t5-,6+. The van der Waals surface area contributed by atoms with Gasteiger partial charge in [0.2, 0.25) is 0 Å². The predicted molar refractivity (Wildman–Crippen MR) is 85.1 cm³/mol. The van der Waals surface area contributed by atoms with Crippen LogP contribution in [0.2, 0.25) is 0 Å². The summed E-state index contributed by atoms with van der Waals surface area (Å²) in [4.78, 5) is 63.2. The Labute approximate surface area is 171 Å². The third-order valence-corrected chi connectivity index (χ3v) is 3.37. The second-order valence-corrected chi connectivity index (χ2v) is 5.46. The van der Waals surface area contributed by atoms with E-state index < -0.39 is 80.1 Å². The van der Waals surface area contributed by atoms with Crippen molar-refractivity contribution < 1.29 is 48.3 Å². The van der Waals surface area contributed by atoms with E-state index in [9.17, 15) is 69.5 Å². The third-order valence-electron chi connectivity index (χ3n) is 3.37. The summed E-state index contributed by atoms with van der Waals surface area (Å²) in [5.74, 6) is -8.61. The molecular formula is C8H12F2N8O14. The Morgan fingerprint density at radius 1 is 0.625 bits per heavy atom. The maximum atomic E-state index is 13.7. The smallest absolute Gasteiger partial charge is 0.307 e. The van der Waals surface area contributed by atoms with Crippen LogP contribution in [0.25, 0.3) is 0 Å². The minimum absolute atomic E-state index is 1.15. The lowest BCUT2D eigenvalue weighted by Crippen LogP contribution is -2.55. The number of hydrogen-bond acceptors (Lipinski definition) is 16. The molecule has 0 radical (unpaired) electrons. The van der Waals surface area contributed by atoms with Crippen LogP contribution in [0, 0.1) is 60.7 Å². The van der Waals surface area contributed by atoms with Crippen LogP contribution in [0.4, 0.5) is 8.78 Å². The fourth-order valence-electron chi connectivity index (χ4n) is 1.83. The van der Waals surface area contributed by atoms with E-state index in [0.29, 0.717) is 0 Å². The van der Waals surface area contributed by atoms with Crippen LogP contribution in [0.3, 0.4) is 0 Å². The summed E-state index contributed by atoms with van der Waals surface area (Å²) >= 11 is 0. The molecule has 0 bridgehead atoms. The number of hydrogen-bond donors (Lipinski definition) is 2. The fraction of sp³-hybridized carbons (Fsp3) is 1.00. The van der Waals surface area contributed by atoms with Gasteiger partial charge in [-0.15, -0.1) is 20.2 Å². The summed E-state index contributed by atoms with van der Waals surface area (Å²) < 4.78 is 27.4. The van der Waals surface area contributed by atoms with Gasteiger partial charge in [-0.3, -0.25) is 51.1 Å². The van der Waals surface area contributed by atoms with Crippen molar-refractivity contribution in [1.82, 2.24) is 10.6 Å². The Morgan fingerprint density at radius 3 is 1.06 bits per heavy atom. The molecule has 0 amide bonds. The minimum Gasteiger partial charge on any atom is -0.307 e. The Morgan fingerprint density at radius 2 is 0.875 bits per heavy atom. The maximum absolute atomic E-state index is 13.7. The van der Waals surface area contributed by atoms with Crippen molar-refractivity contribution in [2.24, 2.45) is 0 Å². The van der Waals surface area contributed by atoms with Gasteiger partial charge >= 0.3 is 11.8 Å². The van der Waals surface area contributed by atoms with E-state index in [4.69, 9.17) is 0 Å². The first-order valence-electron chi connectivity index (χ1n) is 7.57. The normalized spacial score (nSPS) is 13.4. The molecule has 0 aromatic carbocycles. The van der Waals surface area contributed by atoms with E-state index in [1.807, 2.05) is 0 Å². The molecule has 0 aliphatic rings. The molecule has 32 heavy (non-hydrogen) atoms. The highest BCUT2D eigenvalue weighted by atomic mass is 19.2. The first kappa shape index (κ1) is 27.8. The average Bonchev–Trinajstić information content (AvgIpc) is 2.64. The number of rotatable bonds is 17. The minimum atomic E-state index is -4.30. The number of nitro groups is 4. The molecule has 2 atom stereocenters. The Balaban J connectivity index is 5.45. The molecule has 22 nitrogen and oxygen atoms in total. The highest BCUT2D eigenvalue weighted by molar-refractivity contribution is 4.76. The van der Waals surface area contributed by atoms with Gasteiger partial charge in [-0.2, -0.15) is 0 Å².